The number of halogens is 3. The predicted molar refractivity (Wildman–Crippen MR) is 119 cm³/mol. The van der Waals surface area contributed by atoms with E-state index in [-0.39, 0.29) is 30.1 Å². The molecule has 146 valence electrons. The van der Waals surface area contributed by atoms with E-state index in [1.165, 1.54) is 19.4 Å². The Balaban J connectivity index is 0.00000243. The molecule has 1 N–H and O–H groups in total. The third-order valence-corrected chi connectivity index (χ3v) is 5.67. The normalized spacial score (nSPS) is 23.3. The molecule has 2 heterocycles. The van der Waals surface area contributed by atoms with Crippen molar-refractivity contribution in [2.24, 2.45) is 4.99 Å². The highest BCUT2D eigenvalue weighted by Crippen LogP contribution is 2.23. The highest BCUT2D eigenvalue weighted by atomic mass is 127. The van der Waals surface area contributed by atoms with E-state index in [2.05, 4.69) is 20.1 Å². The van der Waals surface area contributed by atoms with Gasteiger partial charge in [0.25, 0.3) is 0 Å². The molecule has 3 rings (SSSR count). The fourth-order valence-electron chi connectivity index (χ4n) is 3.59. The minimum absolute atomic E-state index is 0. The number of nitrogens with zero attached hydrogens (tertiary/aromatic N) is 3. The van der Waals surface area contributed by atoms with E-state index in [0.717, 1.165) is 31.2 Å². The lowest BCUT2D eigenvalue weighted by atomic mass is 10.2. The van der Waals surface area contributed by atoms with Crippen molar-refractivity contribution in [2.45, 2.75) is 31.5 Å². The molecule has 2 unspecified atom stereocenters. The number of guanidine groups is 1. The number of hydrogen-bond acceptors (Lipinski definition) is 3. The molecular formula is C18H27Cl2IN4O. The Bertz CT molecular complexity index is 631. The molecule has 1 aromatic rings. The van der Waals surface area contributed by atoms with Gasteiger partial charge in [-0.3, -0.25) is 9.89 Å². The summed E-state index contributed by atoms with van der Waals surface area (Å²) in [5.74, 6) is 0.846. The molecule has 0 saturated carbocycles. The first kappa shape index (κ1) is 22.0. The lowest BCUT2D eigenvalue weighted by Gasteiger charge is -2.35. The van der Waals surface area contributed by atoms with Gasteiger partial charge in [0.15, 0.2) is 5.96 Å². The second kappa shape index (κ2) is 10.3. The summed E-state index contributed by atoms with van der Waals surface area (Å²) in [6.45, 7) is 4.53. The Kier molecular flexibility index (Phi) is 8.73. The Labute approximate surface area is 183 Å². The number of benzene rings is 1. The van der Waals surface area contributed by atoms with Crippen LogP contribution in [-0.4, -0.2) is 68.2 Å². The van der Waals surface area contributed by atoms with Gasteiger partial charge in [0.05, 0.1) is 22.8 Å². The van der Waals surface area contributed by atoms with Crippen LogP contribution >= 0.6 is 47.2 Å². The third kappa shape index (κ3) is 5.61. The largest absolute Gasteiger partial charge is 0.373 e. The molecule has 0 radical (unpaired) electrons. The molecule has 26 heavy (non-hydrogen) atoms. The van der Waals surface area contributed by atoms with E-state index in [9.17, 15) is 0 Å². The zero-order valence-corrected chi connectivity index (χ0v) is 19.1. The first-order valence-electron chi connectivity index (χ1n) is 8.78. The number of hydrogen-bond donors (Lipinski definition) is 1. The summed E-state index contributed by atoms with van der Waals surface area (Å²) in [6, 6.07) is 6.33. The molecule has 2 saturated heterocycles. The van der Waals surface area contributed by atoms with Crippen molar-refractivity contribution in [3.05, 3.63) is 33.8 Å². The zero-order valence-electron chi connectivity index (χ0n) is 15.3. The summed E-state index contributed by atoms with van der Waals surface area (Å²) in [4.78, 5) is 9.00. The lowest BCUT2D eigenvalue weighted by molar-refractivity contribution is -0.0454. The Morgan fingerprint density at radius 2 is 2.19 bits per heavy atom. The second-order valence-corrected chi connectivity index (χ2v) is 7.59. The SMILES string of the molecule is CN=C(NCC1CN2CCCC2CO1)N(C)Cc1ccc(Cl)c(Cl)c1.I. The molecule has 2 fully saturated rings. The minimum Gasteiger partial charge on any atom is -0.373 e. The average molecular weight is 513 g/mol. The van der Waals surface area contributed by atoms with Crippen LogP contribution in [-0.2, 0) is 11.3 Å². The summed E-state index contributed by atoms with van der Waals surface area (Å²) in [5.41, 5.74) is 1.09. The van der Waals surface area contributed by atoms with Gasteiger partial charge < -0.3 is 15.0 Å². The maximum atomic E-state index is 6.10. The third-order valence-electron chi connectivity index (χ3n) is 4.93. The summed E-state index contributed by atoms with van der Waals surface area (Å²) in [5, 5.41) is 4.58. The minimum atomic E-state index is 0. The summed E-state index contributed by atoms with van der Waals surface area (Å²) in [6.07, 6.45) is 2.78. The molecule has 1 aromatic carbocycles. The molecule has 0 bridgehead atoms. The molecule has 8 heteroatoms. The van der Waals surface area contributed by atoms with E-state index in [1.807, 2.05) is 25.2 Å². The fraction of sp³-hybridized carbons (Fsp3) is 0.611. The molecular weight excluding hydrogens is 486 g/mol. The van der Waals surface area contributed by atoms with Gasteiger partial charge in [-0.2, -0.15) is 0 Å². The van der Waals surface area contributed by atoms with Crippen LogP contribution in [0.1, 0.15) is 18.4 Å². The molecule has 2 aliphatic heterocycles. The smallest absolute Gasteiger partial charge is 0.193 e. The number of aliphatic imine (C=N–C) groups is 1. The van der Waals surface area contributed by atoms with Crippen LogP contribution in [0.3, 0.4) is 0 Å². The molecule has 2 atom stereocenters. The van der Waals surface area contributed by atoms with Crippen LogP contribution in [0.2, 0.25) is 10.0 Å². The second-order valence-electron chi connectivity index (χ2n) is 6.78. The van der Waals surface area contributed by atoms with E-state index in [4.69, 9.17) is 27.9 Å². The van der Waals surface area contributed by atoms with Gasteiger partial charge in [-0.1, -0.05) is 29.3 Å². The van der Waals surface area contributed by atoms with Gasteiger partial charge in [-0.25, -0.2) is 0 Å². The topological polar surface area (TPSA) is 40.1 Å². The van der Waals surface area contributed by atoms with Crippen LogP contribution < -0.4 is 5.32 Å². The van der Waals surface area contributed by atoms with E-state index in [0.29, 0.717) is 22.6 Å². The van der Waals surface area contributed by atoms with Gasteiger partial charge in [-0.05, 0) is 37.1 Å². The van der Waals surface area contributed by atoms with Crippen molar-refractivity contribution in [2.75, 3.05) is 40.3 Å². The quantitative estimate of drug-likeness (QED) is 0.381. The van der Waals surface area contributed by atoms with Crippen LogP contribution in [0.25, 0.3) is 0 Å². The van der Waals surface area contributed by atoms with Gasteiger partial charge in [0, 0.05) is 39.8 Å². The number of ether oxygens (including phenoxy) is 1. The van der Waals surface area contributed by atoms with Crippen LogP contribution in [0.5, 0.6) is 0 Å². The van der Waals surface area contributed by atoms with Crippen molar-refractivity contribution >= 4 is 53.1 Å². The standard InChI is InChI=1S/C18H26Cl2N4O.HI/c1-21-18(23(2)10-13-5-6-16(19)17(20)8-13)22-9-15-11-24-7-3-4-14(24)12-25-15;/h5-6,8,14-15H,3-4,7,9-12H2,1-2H3,(H,21,22);1H. The van der Waals surface area contributed by atoms with Gasteiger partial charge >= 0.3 is 0 Å². The Hall–Kier alpha value is -0.280. The number of nitrogens with one attached hydrogen (secondary N) is 1. The van der Waals surface area contributed by atoms with E-state index in [1.54, 1.807) is 7.05 Å². The highest BCUT2D eigenvalue weighted by molar-refractivity contribution is 14.0. The molecule has 0 amide bonds. The molecule has 2 aliphatic rings. The maximum Gasteiger partial charge on any atom is 0.193 e. The van der Waals surface area contributed by atoms with Gasteiger partial charge in [0.2, 0.25) is 0 Å². The Morgan fingerprint density at radius 1 is 1.38 bits per heavy atom. The van der Waals surface area contributed by atoms with Gasteiger partial charge in [0.1, 0.15) is 0 Å². The monoisotopic (exact) mass is 512 g/mol. The first-order valence-corrected chi connectivity index (χ1v) is 9.53. The predicted octanol–water partition coefficient (Wildman–Crippen LogP) is 3.48. The Morgan fingerprint density at radius 3 is 2.92 bits per heavy atom. The maximum absolute atomic E-state index is 6.10. The fourth-order valence-corrected chi connectivity index (χ4v) is 3.91. The zero-order chi connectivity index (χ0) is 17.8. The summed E-state index contributed by atoms with van der Waals surface area (Å²) < 4.78 is 6.00. The summed E-state index contributed by atoms with van der Waals surface area (Å²) in [7, 11) is 3.81. The van der Waals surface area contributed by atoms with E-state index >= 15 is 0 Å². The number of fused-ring (bicyclic) bond motifs is 1. The van der Waals surface area contributed by atoms with Crippen LogP contribution in [0, 0.1) is 0 Å². The van der Waals surface area contributed by atoms with Crippen LogP contribution in [0.4, 0.5) is 0 Å². The average Bonchev–Trinajstić information content (AvgIpc) is 3.06. The summed E-state index contributed by atoms with van der Waals surface area (Å²) >= 11 is 12.1. The highest BCUT2D eigenvalue weighted by Gasteiger charge is 2.32. The van der Waals surface area contributed by atoms with Crippen molar-refractivity contribution in [1.29, 1.82) is 0 Å². The number of morpholine rings is 1. The lowest BCUT2D eigenvalue weighted by Crippen LogP contribution is -2.51. The molecule has 5 nitrogen and oxygen atoms in total. The van der Waals surface area contributed by atoms with Crippen molar-refractivity contribution < 1.29 is 4.74 Å². The van der Waals surface area contributed by atoms with Gasteiger partial charge in [-0.15, -0.1) is 24.0 Å². The van der Waals surface area contributed by atoms with Crippen LogP contribution in [0.15, 0.2) is 23.2 Å². The number of rotatable bonds is 4. The molecule has 0 spiro atoms. The van der Waals surface area contributed by atoms with E-state index < -0.39 is 0 Å². The van der Waals surface area contributed by atoms with Crippen molar-refractivity contribution in [1.82, 2.24) is 15.1 Å². The van der Waals surface area contributed by atoms with Crippen molar-refractivity contribution in [3.8, 4) is 0 Å². The molecule has 0 aromatic heterocycles. The first-order chi connectivity index (χ1) is 12.1. The molecule has 0 aliphatic carbocycles. The van der Waals surface area contributed by atoms with Crippen molar-refractivity contribution in [3.63, 3.8) is 0 Å².